The smallest absolute Gasteiger partial charge is 0.0407 e. The molecule has 0 bridgehead atoms. The SMILES string of the molecule is ClC1=CC=ICC=C1. The molecule has 0 unspecified atom stereocenters. The van der Waals surface area contributed by atoms with E-state index < -0.39 is 0 Å². The van der Waals surface area contributed by atoms with E-state index in [1.54, 1.807) is 0 Å². The van der Waals surface area contributed by atoms with E-state index in [1.807, 2.05) is 12.2 Å². The van der Waals surface area contributed by atoms with Crippen molar-refractivity contribution in [1.29, 1.82) is 0 Å². The lowest BCUT2D eigenvalue weighted by atomic mass is 10.4. The second-order valence-electron chi connectivity index (χ2n) is 1.39. The first kappa shape index (κ1) is 6.49. The highest BCUT2D eigenvalue weighted by Crippen LogP contribution is 2.08. The molecule has 1 aliphatic rings. The average molecular weight is 240 g/mol. The molecule has 0 atom stereocenters. The fraction of sp³-hybridized carbons (Fsp3) is 0.167. The molecule has 0 radical (unpaired) electrons. The quantitative estimate of drug-likeness (QED) is 0.451. The van der Waals surface area contributed by atoms with Gasteiger partial charge in [-0.05, 0) is 16.2 Å². The van der Waals surface area contributed by atoms with Gasteiger partial charge in [0.2, 0.25) is 0 Å². The maximum atomic E-state index is 5.68. The van der Waals surface area contributed by atoms with Crippen molar-refractivity contribution in [2.75, 3.05) is 4.43 Å². The molecule has 1 heterocycles. The summed E-state index contributed by atoms with van der Waals surface area (Å²) in [4.78, 5) is 0. The van der Waals surface area contributed by atoms with Crippen molar-refractivity contribution in [1.82, 2.24) is 0 Å². The Hall–Kier alpha value is 0.370. The third-order valence-electron chi connectivity index (χ3n) is 0.767. The van der Waals surface area contributed by atoms with Gasteiger partial charge in [0.05, 0.1) is 0 Å². The Morgan fingerprint density at radius 2 is 2.50 bits per heavy atom. The summed E-state index contributed by atoms with van der Waals surface area (Å²) in [6.07, 6.45) is 6.08. The Morgan fingerprint density at radius 1 is 1.62 bits per heavy atom. The van der Waals surface area contributed by atoms with Crippen LogP contribution in [0.2, 0.25) is 0 Å². The summed E-state index contributed by atoms with van der Waals surface area (Å²) in [6, 6.07) is 0. The molecule has 0 saturated carbocycles. The van der Waals surface area contributed by atoms with Crippen LogP contribution in [0.5, 0.6) is 0 Å². The summed E-state index contributed by atoms with van der Waals surface area (Å²) in [6.45, 7) is 0. The topological polar surface area (TPSA) is 0 Å². The van der Waals surface area contributed by atoms with Crippen LogP contribution in [0, 0.1) is 0 Å². The van der Waals surface area contributed by atoms with Crippen molar-refractivity contribution < 1.29 is 0 Å². The Kier molecular flexibility index (Phi) is 2.76. The normalized spacial score (nSPS) is 18.9. The number of hydrogen-bond acceptors (Lipinski definition) is 0. The Morgan fingerprint density at radius 3 is 3.38 bits per heavy atom. The van der Waals surface area contributed by atoms with Gasteiger partial charge in [-0.15, -0.1) is 20.7 Å². The second-order valence-corrected chi connectivity index (χ2v) is 4.31. The molecule has 0 amide bonds. The Labute approximate surface area is 64.0 Å². The Bertz CT molecular complexity index is 156. The molecular formula is C6H6ClI. The molecule has 0 aromatic heterocycles. The van der Waals surface area contributed by atoms with Crippen LogP contribution in [0.4, 0.5) is 0 Å². The van der Waals surface area contributed by atoms with E-state index in [-0.39, 0.29) is 20.7 Å². The van der Waals surface area contributed by atoms with E-state index in [1.165, 1.54) is 4.43 Å². The van der Waals surface area contributed by atoms with Gasteiger partial charge in [0, 0.05) is 9.46 Å². The maximum Gasteiger partial charge on any atom is 0.0407 e. The third-order valence-corrected chi connectivity index (χ3v) is 2.90. The Balaban J connectivity index is 2.73. The van der Waals surface area contributed by atoms with Crippen molar-refractivity contribution in [2.45, 2.75) is 0 Å². The second kappa shape index (κ2) is 3.41. The summed E-state index contributed by atoms with van der Waals surface area (Å²) in [5, 5.41) is 0.863. The first-order valence-corrected chi connectivity index (χ1v) is 5.48. The molecule has 44 valence electrons. The van der Waals surface area contributed by atoms with E-state index in [9.17, 15) is 0 Å². The van der Waals surface area contributed by atoms with Crippen molar-refractivity contribution in [3.05, 3.63) is 23.3 Å². The van der Waals surface area contributed by atoms with Crippen LogP contribution in [0.15, 0.2) is 23.3 Å². The minimum absolute atomic E-state index is 0.287. The first-order valence-electron chi connectivity index (χ1n) is 2.33. The molecule has 2 heteroatoms. The number of hydrogen-bond donors (Lipinski definition) is 0. The molecule has 0 spiro atoms. The predicted octanol–water partition coefficient (Wildman–Crippen LogP) is 2.45. The van der Waals surface area contributed by atoms with Gasteiger partial charge in [-0.2, -0.15) is 0 Å². The number of rotatable bonds is 0. The number of alkyl halides is 1. The average Bonchev–Trinajstić information content (AvgIpc) is 1.94. The van der Waals surface area contributed by atoms with E-state index in [4.69, 9.17) is 11.6 Å². The van der Waals surface area contributed by atoms with Gasteiger partial charge in [-0.25, -0.2) is 0 Å². The number of halogens is 2. The van der Waals surface area contributed by atoms with Gasteiger partial charge in [-0.1, -0.05) is 17.7 Å². The summed E-state index contributed by atoms with van der Waals surface area (Å²) >= 11 is 5.97. The molecule has 0 N–H and O–H groups in total. The van der Waals surface area contributed by atoms with Crippen molar-refractivity contribution in [3.63, 3.8) is 0 Å². The zero-order valence-corrected chi connectivity index (χ0v) is 7.19. The first-order chi connectivity index (χ1) is 3.89. The molecule has 0 aliphatic carbocycles. The molecule has 0 fully saturated rings. The predicted molar refractivity (Wildman–Crippen MR) is 48.0 cm³/mol. The molecule has 0 saturated heterocycles. The van der Waals surface area contributed by atoms with E-state index in [0.29, 0.717) is 0 Å². The van der Waals surface area contributed by atoms with Crippen LogP contribution in [-0.2, 0) is 0 Å². The van der Waals surface area contributed by atoms with E-state index in [0.717, 1.165) is 5.03 Å². The van der Waals surface area contributed by atoms with E-state index in [2.05, 4.69) is 10.1 Å². The minimum atomic E-state index is 0.287. The zero-order valence-electron chi connectivity index (χ0n) is 4.27. The largest absolute Gasteiger partial charge is 0.118 e. The van der Waals surface area contributed by atoms with Gasteiger partial charge >= 0.3 is 0 Å². The van der Waals surface area contributed by atoms with Crippen LogP contribution in [0.3, 0.4) is 0 Å². The van der Waals surface area contributed by atoms with Crippen molar-refractivity contribution in [3.8, 4) is 0 Å². The van der Waals surface area contributed by atoms with Crippen LogP contribution in [-0.4, -0.2) is 8.44 Å². The zero-order chi connectivity index (χ0) is 5.82. The molecule has 8 heavy (non-hydrogen) atoms. The van der Waals surface area contributed by atoms with Crippen molar-refractivity contribution >= 4 is 36.3 Å². The summed E-state index contributed by atoms with van der Waals surface area (Å²) in [5.41, 5.74) is 0. The molecule has 1 rings (SSSR count). The van der Waals surface area contributed by atoms with Gasteiger partial charge in [0.1, 0.15) is 0 Å². The van der Waals surface area contributed by atoms with Crippen LogP contribution < -0.4 is 0 Å². The summed E-state index contributed by atoms with van der Waals surface area (Å²) < 4.78 is 3.42. The molecule has 0 nitrogen and oxygen atoms in total. The fourth-order valence-corrected chi connectivity index (χ4v) is 2.27. The minimum Gasteiger partial charge on any atom is -0.118 e. The van der Waals surface area contributed by atoms with E-state index >= 15 is 0 Å². The van der Waals surface area contributed by atoms with Gasteiger partial charge < -0.3 is 0 Å². The summed E-state index contributed by atoms with van der Waals surface area (Å²) in [7, 11) is 0. The molecule has 1 aliphatic heterocycles. The van der Waals surface area contributed by atoms with Crippen LogP contribution in [0.1, 0.15) is 0 Å². The van der Waals surface area contributed by atoms with Crippen molar-refractivity contribution in [2.24, 2.45) is 0 Å². The highest BCUT2D eigenvalue weighted by Gasteiger charge is 1.83. The molecular weight excluding hydrogens is 234 g/mol. The number of allylic oxidation sites excluding steroid dienone is 4. The fourth-order valence-electron chi connectivity index (χ4n) is 0.420. The van der Waals surface area contributed by atoms with Gasteiger partial charge in [0.25, 0.3) is 0 Å². The maximum absolute atomic E-state index is 5.68. The monoisotopic (exact) mass is 240 g/mol. The highest BCUT2D eigenvalue weighted by molar-refractivity contribution is 14.2. The standard InChI is InChI=1S/C6H6ClI/c7-6-2-1-4-8-5-3-6/h1-3,5H,4H2. The van der Waals surface area contributed by atoms with Gasteiger partial charge in [0.15, 0.2) is 0 Å². The summed E-state index contributed by atoms with van der Waals surface area (Å²) in [5.74, 6) is 0. The lowest BCUT2D eigenvalue weighted by molar-refractivity contribution is 1.79. The van der Waals surface area contributed by atoms with Gasteiger partial charge in [-0.3, -0.25) is 0 Å². The highest BCUT2D eigenvalue weighted by atomic mass is 127. The lowest BCUT2D eigenvalue weighted by Crippen LogP contribution is -1.59. The lowest BCUT2D eigenvalue weighted by Gasteiger charge is -1.77. The van der Waals surface area contributed by atoms with Crippen LogP contribution in [0.25, 0.3) is 0 Å². The molecule has 0 aromatic carbocycles. The van der Waals surface area contributed by atoms with Crippen LogP contribution >= 0.6 is 32.3 Å². The third kappa shape index (κ3) is 2.09. The molecule has 0 aromatic rings.